The van der Waals surface area contributed by atoms with Gasteiger partial charge in [0.1, 0.15) is 0 Å². The summed E-state index contributed by atoms with van der Waals surface area (Å²) in [5.41, 5.74) is 0. The normalized spacial score (nSPS) is 20.5. The van der Waals surface area contributed by atoms with Crippen molar-refractivity contribution in [3.63, 3.8) is 0 Å². The Morgan fingerprint density at radius 2 is 1.73 bits per heavy atom. The lowest BCUT2D eigenvalue weighted by Gasteiger charge is -2.37. The molecule has 1 aliphatic carbocycles. The molecule has 1 saturated carbocycles. The maximum Gasteiger partial charge on any atom is 0.236 e. The van der Waals surface area contributed by atoms with Crippen molar-refractivity contribution < 1.29 is 14.3 Å². The number of morpholine rings is 1. The third-order valence-electron chi connectivity index (χ3n) is 5.50. The molecule has 3 rings (SSSR count). The zero-order valence-corrected chi connectivity index (χ0v) is 20.4. The van der Waals surface area contributed by atoms with Gasteiger partial charge in [0.05, 0.1) is 19.8 Å². The number of carbonyl (C=O) groups is 2. The Hall–Kier alpha value is -1.14. The van der Waals surface area contributed by atoms with Gasteiger partial charge in [-0.1, -0.05) is 0 Å². The van der Waals surface area contributed by atoms with Crippen LogP contribution in [0.15, 0.2) is 4.99 Å². The minimum atomic E-state index is 0. The van der Waals surface area contributed by atoms with E-state index >= 15 is 0 Å². The quantitative estimate of drug-likeness (QED) is 0.198. The van der Waals surface area contributed by atoms with Crippen LogP contribution < -0.4 is 10.6 Å². The molecule has 9 nitrogen and oxygen atoms in total. The zero-order chi connectivity index (χ0) is 20.5. The number of carbonyl (C=O) groups excluding carboxylic acids is 2. The van der Waals surface area contributed by atoms with Gasteiger partial charge in [0.2, 0.25) is 11.8 Å². The zero-order valence-electron chi connectivity index (χ0n) is 18.1. The van der Waals surface area contributed by atoms with Gasteiger partial charge in [-0.2, -0.15) is 0 Å². The fourth-order valence-corrected chi connectivity index (χ4v) is 3.60. The Labute approximate surface area is 197 Å². The molecule has 3 fully saturated rings. The molecule has 2 amide bonds. The average molecular weight is 536 g/mol. The van der Waals surface area contributed by atoms with Crippen molar-refractivity contribution in [2.45, 2.75) is 38.6 Å². The van der Waals surface area contributed by atoms with Crippen molar-refractivity contribution in [1.82, 2.24) is 25.3 Å². The first-order chi connectivity index (χ1) is 14.2. The lowest BCUT2D eigenvalue weighted by molar-refractivity contribution is -0.136. The van der Waals surface area contributed by atoms with Gasteiger partial charge in [-0.15, -0.1) is 24.0 Å². The van der Waals surface area contributed by atoms with Crippen LogP contribution in [0.2, 0.25) is 0 Å². The van der Waals surface area contributed by atoms with E-state index in [0.29, 0.717) is 51.9 Å². The molecule has 2 N–H and O–H groups in total. The molecule has 3 aliphatic rings. The molecular formula is C20H37IN6O3. The summed E-state index contributed by atoms with van der Waals surface area (Å²) in [6, 6.07) is 0.426. The first-order valence-corrected chi connectivity index (χ1v) is 11.1. The molecule has 2 saturated heterocycles. The summed E-state index contributed by atoms with van der Waals surface area (Å²) in [6.07, 6.45) is 3.55. The molecule has 2 aliphatic heterocycles. The van der Waals surface area contributed by atoms with E-state index in [1.54, 1.807) is 0 Å². The number of aliphatic imine (C=N–C) groups is 1. The van der Waals surface area contributed by atoms with E-state index in [4.69, 9.17) is 9.73 Å². The Morgan fingerprint density at radius 3 is 2.37 bits per heavy atom. The monoisotopic (exact) mass is 536 g/mol. The number of rotatable bonds is 8. The first-order valence-electron chi connectivity index (χ1n) is 11.1. The number of hydrogen-bond donors (Lipinski definition) is 2. The van der Waals surface area contributed by atoms with Crippen molar-refractivity contribution in [2.75, 3.05) is 72.1 Å². The number of ether oxygens (including phenoxy) is 1. The highest BCUT2D eigenvalue weighted by molar-refractivity contribution is 14.0. The molecule has 0 bridgehead atoms. The van der Waals surface area contributed by atoms with Gasteiger partial charge in [-0.25, -0.2) is 0 Å². The largest absolute Gasteiger partial charge is 0.378 e. The molecule has 2 heterocycles. The molecule has 0 radical (unpaired) electrons. The van der Waals surface area contributed by atoms with Gasteiger partial charge < -0.3 is 25.2 Å². The summed E-state index contributed by atoms with van der Waals surface area (Å²) in [5, 5.41) is 6.38. The molecule has 0 unspecified atom stereocenters. The number of hydrogen-bond acceptors (Lipinski definition) is 5. The molecule has 10 heteroatoms. The van der Waals surface area contributed by atoms with Crippen LogP contribution in [0.1, 0.15) is 32.6 Å². The highest BCUT2D eigenvalue weighted by atomic mass is 127. The second-order valence-corrected chi connectivity index (χ2v) is 7.94. The number of nitrogens with zero attached hydrogens (tertiary/aromatic N) is 4. The third-order valence-corrected chi connectivity index (χ3v) is 5.50. The Bertz CT molecular complexity index is 573. The fourth-order valence-electron chi connectivity index (χ4n) is 3.60. The van der Waals surface area contributed by atoms with Crippen molar-refractivity contribution >= 4 is 41.8 Å². The van der Waals surface area contributed by atoms with Crippen LogP contribution in [0.3, 0.4) is 0 Å². The number of nitrogens with one attached hydrogen (secondary N) is 2. The second-order valence-electron chi connectivity index (χ2n) is 7.94. The van der Waals surface area contributed by atoms with Gasteiger partial charge in [0.15, 0.2) is 5.96 Å². The van der Waals surface area contributed by atoms with E-state index in [2.05, 4.69) is 27.4 Å². The molecule has 0 spiro atoms. The second kappa shape index (κ2) is 13.3. The maximum absolute atomic E-state index is 12.4. The van der Waals surface area contributed by atoms with E-state index in [0.717, 1.165) is 57.9 Å². The lowest BCUT2D eigenvalue weighted by atomic mass is 10.3. The smallest absolute Gasteiger partial charge is 0.236 e. The molecule has 0 aromatic heterocycles. The van der Waals surface area contributed by atoms with Gasteiger partial charge in [0, 0.05) is 64.8 Å². The van der Waals surface area contributed by atoms with Gasteiger partial charge in [-0.05, 0) is 26.2 Å². The summed E-state index contributed by atoms with van der Waals surface area (Å²) >= 11 is 0. The molecule has 30 heavy (non-hydrogen) atoms. The Morgan fingerprint density at radius 1 is 1.03 bits per heavy atom. The van der Waals surface area contributed by atoms with Crippen molar-refractivity contribution in [3.8, 4) is 0 Å². The van der Waals surface area contributed by atoms with Crippen LogP contribution in [0.25, 0.3) is 0 Å². The minimum Gasteiger partial charge on any atom is -0.378 e. The van der Waals surface area contributed by atoms with Crippen molar-refractivity contribution in [2.24, 2.45) is 4.99 Å². The predicted molar refractivity (Wildman–Crippen MR) is 127 cm³/mol. The number of piperazine rings is 1. The SMILES string of the molecule is CCNC(=NCCCC(=O)NC1CC1)N1CCN(CC(=O)N2CCOCC2)CC1.I. The third kappa shape index (κ3) is 8.54. The maximum atomic E-state index is 12.4. The minimum absolute atomic E-state index is 0. The summed E-state index contributed by atoms with van der Waals surface area (Å²) in [5.74, 6) is 1.26. The highest BCUT2D eigenvalue weighted by Crippen LogP contribution is 2.18. The van der Waals surface area contributed by atoms with Crippen LogP contribution in [-0.2, 0) is 14.3 Å². The van der Waals surface area contributed by atoms with Crippen LogP contribution in [0.4, 0.5) is 0 Å². The summed E-state index contributed by atoms with van der Waals surface area (Å²) < 4.78 is 5.32. The Balaban J connectivity index is 0.00000320. The first kappa shape index (κ1) is 25.1. The topological polar surface area (TPSA) is 89.5 Å². The van der Waals surface area contributed by atoms with Crippen LogP contribution in [0.5, 0.6) is 0 Å². The van der Waals surface area contributed by atoms with E-state index in [1.165, 1.54) is 0 Å². The van der Waals surface area contributed by atoms with Gasteiger partial charge in [-0.3, -0.25) is 19.5 Å². The molecule has 0 aromatic rings. The van der Waals surface area contributed by atoms with Crippen molar-refractivity contribution in [1.29, 1.82) is 0 Å². The summed E-state index contributed by atoms with van der Waals surface area (Å²) in [4.78, 5) is 35.3. The Kier molecular flexibility index (Phi) is 11.1. The number of amides is 2. The van der Waals surface area contributed by atoms with E-state index in [9.17, 15) is 9.59 Å². The number of halogens is 1. The lowest BCUT2D eigenvalue weighted by Crippen LogP contribution is -2.54. The van der Waals surface area contributed by atoms with E-state index in [1.807, 2.05) is 4.90 Å². The fraction of sp³-hybridized carbons (Fsp3) is 0.850. The van der Waals surface area contributed by atoms with Gasteiger partial charge in [0.25, 0.3) is 0 Å². The summed E-state index contributed by atoms with van der Waals surface area (Å²) in [6.45, 7) is 10.1. The van der Waals surface area contributed by atoms with Crippen LogP contribution in [-0.4, -0.2) is 111 Å². The molecule has 0 aromatic carbocycles. The predicted octanol–water partition coefficient (Wildman–Crippen LogP) is 0.105. The number of guanidine groups is 1. The van der Waals surface area contributed by atoms with Crippen LogP contribution >= 0.6 is 24.0 Å². The van der Waals surface area contributed by atoms with Gasteiger partial charge >= 0.3 is 0 Å². The highest BCUT2D eigenvalue weighted by Gasteiger charge is 2.24. The molecule has 0 atom stereocenters. The van der Waals surface area contributed by atoms with E-state index in [-0.39, 0.29) is 35.8 Å². The van der Waals surface area contributed by atoms with E-state index < -0.39 is 0 Å². The molecular weight excluding hydrogens is 499 g/mol. The van der Waals surface area contributed by atoms with Crippen LogP contribution in [0, 0.1) is 0 Å². The average Bonchev–Trinajstić information content (AvgIpc) is 3.55. The molecule has 172 valence electrons. The standard InChI is InChI=1S/C20H36N6O3.HI/c1-2-21-20(22-7-3-4-18(27)23-17-5-6-17)26-10-8-24(9-11-26)16-19(28)25-12-14-29-15-13-25;/h17H,2-16H2,1H3,(H,21,22)(H,23,27);1H. The summed E-state index contributed by atoms with van der Waals surface area (Å²) in [7, 11) is 0. The van der Waals surface area contributed by atoms with Crippen molar-refractivity contribution in [3.05, 3.63) is 0 Å².